The molecular formula is C20H22FNO2. The number of hydrogen-bond donors (Lipinski definition) is 0. The van der Waals surface area contributed by atoms with E-state index in [4.69, 9.17) is 4.74 Å². The lowest BCUT2D eigenvalue weighted by molar-refractivity contribution is -0.129. The fourth-order valence-corrected chi connectivity index (χ4v) is 3.07. The van der Waals surface area contributed by atoms with Crippen LogP contribution in [0, 0.1) is 11.7 Å². The van der Waals surface area contributed by atoms with E-state index in [0.717, 1.165) is 31.7 Å². The topological polar surface area (TPSA) is 29.5 Å². The number of likely N-dealkylation sites (tertiary alicyclic amines) is 1. The van der Waals surface area contributed by atoms with Gasteiger partial charge in [0.15, 0.2) is 0 Å². The summed E-state index contributed by atoms with van der Waals surface area (Å²) in [5.74, 6) is 1.03. The van der Waals surface area contributed by atoms with Crippen LogP contribution < -0.4 is 4.74 Å². The number of benzene rings is 2. The molecule has 24 heavy (non-hydrogen) atoms. The average Bonchev–Trinajstić information content (AvgIpc) is 3.07. The first-order chi connectivity index (χ1) is 11.7. The van der Waals surface area contributed by atoms with Gasteiger partial charge in [0.25, 0.3) is 0 Å². The van der Waals surface area contributed by atoms with Crippen LogP contribution in [0.3, 0.4) is 0 Å². The standard InChI is InChI=1S/C20H22FNO2/c21-19-9-5-4-6-17(19)14-20(23)22-12-10-16(15-22)11-13-24-18-7-2-1-3-8-18/h1-9,16H,10-15H2. The van der Waals surface area contributed by atoms with Crippen molar-refractivity contribution in [2.24, 2.45) is 5.92 Å². The molecule has 0 spiro atoms. The van der Waals surface area contributed by atoms with E-state index < -0.39 is 0 Å². The van der Waals surface area contributed by atoms with Gasteiger partial charge in [-0.05, 0) is 42.5 Å². The molecule has 4 heteroatoms. The molecule has 1 unspecified atom stereocenters. The third kappa shape index (κ3) is 4.34. The highest BCUT2D eigenvalue weighted by atomic mass is 19.1. The number of amides is 1. The second kappa shape index (κ2) is 7.95. The Bertz CT molecular complexity index is 674. The zero-order valence-corrected chi connectivity index (χ0v) is 13.7. The molecule has 1 fully saturated rings. The van der Waals surface area contributed by atoms with E-state index in [2.05, 4.69) is 0 Å². The summed E-state index contributed by atoms with van der Waals surface area (Å²) < 4.78 is 19.4. The van der Waals surface area contributed by atoms with Crippen LogP contribution in [0.4, 0.5) is 4.39 Å². The van der Waals surface area contributed by atoms with Crippen molar-refractivity contribution >= 4 is 5.91 Å². The summed E-state index contributed by atoms with van der Waals surface area (Å²) in [5.41, 5.74) is 0.471. The van der Waals surface area contributed by atoms with Gasteiger partial charge in [0.1, 0.15) is 11.6 Å². The molecule has 1 atom stereocenters. The van der Waals surface area contributed by atoms with Crippen molar-refractivity contribution in [3.63, 3.8) is 0 Å². The Kier molecular flexibility index (Phi) is 5.47. The molecule has 1 saturated heterocycles. The fourth-order valence-electron chi connectivity index (χ4n) is 3.07. The summed E-state index contributed by atoms with van der Waals surface area (Å²) >= 11 is 0. The Morgan fingerprint density at radius 3 is 2.67 bits per heavy atom. The van der Waals surface area contributed by atoms with Crippen molar-refractivity contribution in [2.75, 3.05) is 19.7 Å². The Hall–Kier alpha value is -2.36. The van der Waals surface area contributed by atoms with Gasteiger partial charge in [0.2, 0.25) is 5.91 Å². The lowest BCUT2D eigenvalue weighted by Gasteiger charge is -2.17. The van der Waals surface area contributed by atoms with Crippen molar-refractivity contribution in [2.45, 2.75) is 19.3 Å². The average molecular weight is 327 g/mol. The lowest BCUT2D eigenvalue weighted by Crippen LogP contribution is -2.30. The van der Waals surface area contributed by atoms with Crippen molar-refractivity contribution in [1.82, 2.24) is 4.90 Å². The van der Waals surface area contributed by atoms with Crippen LogP contribution in [0.25, 0.3) is 0 Å². The number of nitrogens with zero attached hydrogens (tertiary/aromatic N) is 1. The minimum Gasteiger partial charge on any atom is -0.494 e. The molecular weight excluding hydrogens is 305 g/mol. The van der Waals surface area contributed by atoms with Gasteiger partial charge in [-0.15, -0.1) is 0 Å². The van der Waals surface area contributed by atoms with Crippen LogP contribution in [-0.4, -0.2) is 30.5 Å². The van der Waals surface area contributed by atoms with Crippen LogP contribution in [0.1, 0.15) is 18.4 Å². The fraction of sp³-hybridized carbons (Fsp3) is 0.350. The molecule has 0 bridgehead atoms. The number of hydrogen-bond acceptors (Lipinski definition) is 2. The maximum Gasteiger partial charge on any atom is 0.227 e. The first-order valence-electron chi connectivity index (χ1n) is 8.41. The van der Waals surface area contributed by atoms with Crippen LogP contribution in [-0.2, 0) is 11.2 Å². The summed E-state index contributed by atoms with van der Waals surface area (Å²) in [6.45, 7) is 2.15. The highest BCUT2D eigenvalue weighted by molar-refractivity contribution is 5.79. The number of para-hydroxylation sites is 1. The molecule has 3 nitrogen and oxygen atoms in total. The van der Waals surface area contributed by atoms with Gasteiger partial charge < -0.3 is 9.64 Å². The predicted octanol–water partition coefficient (Wildman–Crippen LogP) is 3.69. The summed E-state index contributed by atoms with van der Waals surface area (Å²) in [6, 6.07) is 16.2. The monoisotopic (exact) mass is 327 g/mol. The predicted molar refractivity (Wildman–Crippen MR) is 91.3 cm³/mol. The van der Waals surface area contributed by atoms with Crippen molar-refractivity contribution in [1.29, 1.82) is 0 Å². The Labute approximate surface area is 142 Å². The van der Waals surface area contributed by atoms with Crippen LogP contribution in [0.15, 0.2) is 54.6 Å². The van der Waals surface area contributed by atoms with Gasteiger partial charge in [-0.2, -0.15) is 0 Å². The Balaban J connectivity index is 1.43. The molecule has 2 aromatic rings. The number of carbonyl (C=O) groups excluding carboxylic acids is 1. The SMILES string of the molecule is O=C(Cc1ccccc1F)N1CCC(CCOc2ccccc2)C1. The van der Waals surface area contributed by atoms with Gasteiger partial charge in [-0.3, -0.25) is 4.79 Å². The zero-order valence-electron chi connectivity index (χ0n) is 13.7. The second-order valence-corrected chi connectivity index (χ2v) is 6.21. The maximum absolute atomic E-state index is 13.7. The van der Waals surface area contributed by atoms with E-state index in [1.165, 1.54) is 6.07 Å². The first kappa shape index (κ1) is 16.5. The minimum atomic E-state index is -0.308. The largest absolute Gasteiger partial charge is 0.494 e. The van der Waals surface area contributed by atoms with Crippen LogP contribution >= 0.6 is 0 Å². The highest BCUT2D eigenvalue weighted by Gasteiger charge is 2.26. The smallest absolute Gasteiger partial charge is 0.227 e. The lowest BCUT2D eigenvalue weighted by atomic mass is 10.1. The number of carbonyl (C=O) groups is 1. The van der Waals surface area contributed by atoms with E-state index in [0.29, 0.717) is 18.1 Å². The van der Waals surface area contributed by atoms with Crippen LogP contribution in [0.2, 0.25) is 0 Å². The van der Waals surface area contributed by atoms with Crippen LogP contribution in [0.5, 0.6) is 5.75 Å². The van der Waals surface area contributed by atoms with Crippen molar-refractivity contribution in [3.8, 4) is 5.75 Å². The van der Waals surface area contributed by atoms with Gasteiger partial charge >= 0.3 is 0 Å². The third-order valence-corrected chi connectivity index (χ3v) is 4.48. The number of rotatable bonds is 6. The summed E-state index contributed by atoms with van der Waals surface area (Å²) in [4.78, 5) is 14.2. The third-order valence-electron chi connectivity index (χ3n) is 4.48. The van der Waals surface area contributed by atoms with Gasteiger partial charge in [-0.25, -0.2) is 4.39 Å². The molecule has 0 aliphatic carbocycles. The molecule has 0 saturated carbocycles. The Morgan fingerprint density at radius 2 is 1.88 bits per heavy atom. The molecule has 3 rings (SSSR count). The first-order valence-corrected chi connectivity index (χ1v) is 8.41. The molecule has 2 aromatic carbocycles. The summed E-state index contributed by atoms with van der Waals surface area (Å²) in [7, 11) is 0. The van der Waals surface area contributed by atoms with Gasteiger partial charge in [0.05, 0.1) is 13.0 Å². The van der Waals surface area contributed by atoms with E-state index in [-0.39, 0.29) is 18.1 Å². The number of ether oxygens (including phenoxy) is 1. The molecule has 1 aliphatic heterocycles. The molecule has 0 N–H and O–H groups in total. The van der Waals surface area contributed by atoms with Crippen molar-refractivity contribution in [3.05, 3.63) is 66.0 Å². The normalized spacial score (nSPS) is 17.0. The minimum absolute atomic E-state index is 0.00609. The number of halogens is 1. The molecule has 0 radical (unpaired) electrons. The van der Waals surface area contributed by atoms with E-state index in [1.54, 1.807) is 18.2 Å². The summed E-state index contributed by atoms with van der Waals surface area (Å²) in [5, 5.41) is 0. The molecule has 126 valence electrons. The summed E-state index contributed by atoms with van der Waals surface area (Å²) in [6.07, 6.45) is 2.06. The molecule has 1 aliphatic rings. The Morgan fingerprint density at radius 1 is 1.12 bits per heavy atom. The van der Waals surface area contributed by atoms with Gasteiger partial charge in [-0.1, -0.05) is 36.4 Å². The van der Waals surface area contributed by atoms with Crippen molar-refractivity contribution < 1.29 is 13.9 Å². The quantitative estimate of drug-likeness (QED) is 0.810. The van der Waals surface area contributed by atoms with E-state index >= 15 is 0 Å². The molecule has 1 heterocycles. The zero-order chi connectivity index (χ0) is 16.8. The molecule has 0 aromatic heterocycles. The highest BCUT2D eigenvalue weighted by Crippen LogP contribution is 2.21. The second-order valence-electron chi connectivity index (χ2n) is 6.21. The van der Waals surface area contributed by atoms with E-state index in [1.807, 2.05) is 35.2 Å². The molecule has 1 amide bonds. The van der Waals surface area contributed by atoms with Gasteiger partial charge in [0, 0.05) is 13.1 Å². The van der Waals surface area contributed by atoms with E-state index in [9.17, 15) is 9.18 Å². The maximum atomic E-state index is 13.7.